The topological polar surface area (TPSA) is 294 Å². The van der Waals surface area contributed by atoms with Crippen LogP contribution in [0, 0.1) is 6.57 Å². The summed E-state index contributed by atoms with van der Waals surface area (Å²) in [7, 11) is 27.4. The zero-order valence-electron chi connectivity index (χ0n) is 75.1. The average Bonchev–Trinajstić information content (AvgIpc) is 0.864. The Balaban J connectivity index is -0.000000298. The minimum atomic E-state index is -3.76. The average molecular weight is 1620 g/mol. The third kappa shape index (κ3) is 78.2. The maximum atomic E-state index is 11.8. The number of hydrogen-bond donors (Lipinski definition) is 2. The molecule has 0 heterocycles. The Morgan fingerprint density at radius 3 is 1.14 bits per heavy atom. The van der Waals surface area contributed by atoms with Gasteiger partial charge in [0.15, 0.2) is 18.9 Å². The number of hydrogen-bond acceptors (Lipinski definition) is 21. The lowest BCUT2D eigenvalue weighted by Gasteiger charge is -2.34. The molecule has 0 aromatic rings. The van der Waals surface area contributed by atoms with Crippen LogP contribution in [0.4, 0.5) is 0 Å². The molecule has 0 saturated heterocycles. The summed E-state index contributed by atoms with van der Waals surface area (Å²) in [4.78, 5) is 25.7. The molecule has 26 nitrogen and oxygen atoms in total. The maximum Gasteiger partial charge on any atom is 0.383 e. The van der Waals surface area contributed by atoms with Crippen molar-refractivity contribution in [1.29, 1.82) is 0 Å². The van der Waals surface area contributed by atoms with Gasteiger partial charge in [-0.2, -0.15) is 0 Å². The zero-order chi connectivity index (χ0) is 87.5. The van der Waals surface area contributed by atoms with Crippen molar-refractivity contribution in [2.24, 2.45) is 5.11 Å². The Morgan fingerprint density at radius 2 is 0.775 bits per heavy atom. The number of azide groups is 1. The second kappa shape index (κ2) is 69.4. The van der Waals surface area contributed by atoms with E-state index in [1.54, 1.807) is 27.7 Å². The largest absolute Gasteiger partial charge is 0.383 e. The zero-order valence-corrected chi connectivity index (χ0v) is 76.9. The minimum Gasteiger partial charge on any atom is -0.382 e. The fourth-order valence-electron chi connectivity index (χ4n) is 7.86. The number of ether oxygens (including phenoxy) is 16. The molecule has 34 heteroatoms. The Labute approximate surface area is 684 Å². The third-order valence-corrected chi connectivity index (χ3v) is 16.7. The number of rotatable bonds is 58. The van der Waals surface area contributed by atoms with E-state index in [2.05, 4.69) is 14.9 Å². The van der Waals surface area contributed by atoms with Crippen LogP contribution in [0.3, 0.4) is 0 Å². The first kappa shape index (κ1) is 120. The standard InChI is InChI=1S/C13H24BNO3.C13H28BO5P.C13H26BO5P.2C13H27BO3.C12H24BN3O3/c1-7-12(14)18-13(15-6,8-16-10(2)3)9-17-11(4)5;2*1-6-13(14)18-12(9-17-10(2)3)7-8-20(15,16)19-11(4)5;1-7-12(14)17-13(6,8-15-10(2)3)9-16-11(4)5;1-7-13(14)17-12(8-15-9(2)3)11(6)16-10(4)5;1-6-11(13)19-12(15-16-14,7-17-9(2)3)8-18-10(4)5/h10-12H,7-9H2,1-5H3;10-13H,6-9H2,1-5H3,(H,15,16);7-8,10-13H,6,9H2,1-5H3,(H,15,16);10-12H,7-9H2,1-6H3;9-13H,7-8H2,1-6H3;9-11H,6-8H2,1-5H3/b;;8-7+;;;/t12-;2*12-,13-;12-;11?,12-,13+;11-/m111101/s1. The fraction of sp³-hybridized carbons (Fsp3) is 0.961. The van der Waals surface area contributed by atoms with Gasteiger partial charge in [-0.15, -0.1) is 0 Å². The van der Waals surface area contributed by atoms with Crippen LogP contribution in [0.2, 0.25) is 0 Å². The van der Waals surface area contributed by atoms with Gasteiger partial charge in [0.2, 0.25) is 0 Å². The molecule has 111 heavy (non-hydrogen) atoms. The summed E-state index contributed by atoms with van der Waals surface area (Å²) in [6, 6.07) is -2.37. The minimum absolute atomic E-state index is 0.00577. The second-order valence-electron chi connectivity index (χ2n) is 30.3. The van der Waals surface area contributed by atoms with Crippen LogP contribution in [0.1, 0.15) is 267 Å². The lowest BCUT2D eigenvalue weighted by atomic mass is 9.96. The Kier molecular flexibility index (Phi) is 75.3. The van der Waals surface area contributed by atoms with E-state index in [0.29, 0.717) is 58.5 Å². The molecule has 0 saturated carbocycles. The van der Waals surface area contributed by atoms with E-state index in [1.807, 2.05) is 194 Å². The first-order chi connectivity index (χ1) is 51.2. The molecular formula is C77H156B6N4O22P2. The Hall–Kier alpha value is -1.41. The predicted molar refractivity (Wildman–Crippen MR) is 453 cm³/mol. The van der Waals surface area contributed by atoms with Crippen molar-refractivity contribution in [1.82, 2.24) is 0 Å². The smallest absolute Gasteiger partial charge is 0.382 e. The van der Waals surface area contributed by atoms with Gasteiger partial charge >= 0.3 is 20.9 Å². The summed E-state index contributed by atoms with van der Waals surface area (Å²) in [5, 5.41) is 3.72. The molecule has 3 unspecified atom stereocenters. The quantitative estimate of drug-likeness (QED) is 0.0143. The van der Waals surface area contributed by atoms with E-state index in [-0.39, 0.29) is 149 Å². The molecule has 0 rings (SSSR count). The first-order valence-electron chi connectivity index (χ1n) is 40.1. The third-order valence-electron chi connectivity index (χ3n) is 13.9. The normalized spacial score (nSPS) is 16.1. The van der Waals surface area contributed by atoms with Gasteiger partial charge in [-0.3, -0.25) is 14.0 Å². The van der Waals surface area contributed by atoms with Gasteiger partial charge in [-0.25, -0.2) is 6.57 Å². The van der Waals surface area contributed by atoms with E-state index in [0.717, 1.165) is 18.7 Å². The Morgan fingerprint density at radius 1 is 0.423 bits per heavy atom. The van der Waals surface area contributed by atoms with Crippen LogP contribution < -0.4 is 0 Å². The molecule has 0 aromatic heterocycles. The van der Waals surface area contributed by atoms with Gasteiger partial charge in [0.05, 0.1) is 144 Å². The molecule has 644 valence electrons. The van der Waals surface area contributed by atoms with Gasteiger partial charge in [0.1, 0.15) is 58.8 Å². The van der Waals surface area contributed by atoms with Crippen molar-refractivity contribution in [3.63, 3.8) is 0 Å². The van der Waals surface area contributed by atoms with Crippen molar-refractivity contribution in [2.45, 2.75) is 417 Å². The highest BCUT2D eigenvalue weighted by Gasteiger charge is 2.41. The fourth-order valence-corrected chi connectivity index (χ4v) is 10.3. The molecule has 12 radical (unpaired) electrons. The van der Waals surface area contributed by atoms with E-state index < -0.39 is 56.4 Å². The summed E-state index contributed by atoms with van der Waals surface area (Å²) in [6.07, 6.45) is 5.36. The van der Waals surface area contributed by atoms with Crippen LogP contribution in [-0.2, 0) is 94.0 Å². The monoisotopic (exact) mass is 1620 g/mol. The van der Waals surface area contributed by atoms with Crippen LogP contribution >= 0.6 is 15.2 Å². The van der Waals surface area contributed by atoms with Crippen LogP contribution in [0.5, 0.6) is 0 Å². The van der Waals surface area contributed by atoms with Crippen molar-refractivity contribution in [3.05, 3.63) is 33.8 Å². The highest BCUT2D eigenvalue weighted by atomic mass is 31.2. The summed E-state index contributed by atoms with van der Waals surface area (Å²) in [5.41, 5.74) is 5.89. The lowest BCUT2D eigenvalue weighted by Crippen LogP contribution is -2.44. The maximum absolute atomic E-state index is 11.8. The summed E-state index contributed by atoms with van der Waals surface area (Å²) >= 11 is 0. The van der Waals surface area contributed by atoms with Crippen LogP contribution in [0.25, 0.3) is 15.3 Å². The molecule has 2 N–H and O–H groups in total. The molecular weight excluding hydrogens is 1460 g/mol. The van der Waals surface area contributed by atoms with Crippen molar-refractivity contribution >= 4 is 62.3 Å². The van der Waals surface area contributed by atoms with Crippen LogP contribution in [-0.4, -0.2) is 273 Å². The second-order valence-corrected chi connectivity index (χ2v) is 33.9. The molecule has 0 spiro atoms. The highest BCUT2D eigenvalue weighted by Crippen LogP contribution is 2.45. The SMILES string of the molecule is [B][C@@H](CC)OC(C)(COC(C)C)COC(C)C.[B][C@@H](CC)OC(COC(C)C)(COC(C)C)N=[N+]=[N-].[B][C@@H](CC)OC(COC(C)C)(COC(C)C)[N+]#[C-].[B][C@@H](CC)O[C@@H](COC(C)C)C(C)OC(C)C.[B][C@@H](CC)O[C@H](/C=C/P(=O)(O)OC(C)C)COC(C)C.[B][C@@H](CC)O[C@H](CCP(=O)(O)OC(C)C)COC(C)C. The van der Waals surface area contributed by atoms with Crippen molar-refractivity contribution < 1.29 is 104 Å². The van der Waals surface area contributed by atoms with E-state index >= 15 is 0 Å². The van der Waals surface area contributed by atoms with Crippen molar-refractivity contribution in [2.75, 3.05) is 65.6 Å². The first-order valence-corrected chi connectivity index (χ1v) is 43.5. The summed E-state index contributed by atoms with van der Waals surface area (Å²) in [5.74, 6) is 1.13. The van der Waals surface area contributed by atoms with E-state index in [9.17, 15) is 18.9 Å². The molecule has 0 aliphatic heterocycles. The van der Waals surface area contributed by atoms with E-state index in [1.165, 1.54) is 6.08 Å². The molecule has 0 aromatic carbocycles. The van der Waals surface area contributed by atoms with Gasteiger partial charge in [0, 0.05) is 46.7 Å². The molecule has 0 fully saturated rings. The predicted octanol–water partition coefficient (Wildman–Crippen LogP) is 15.7. The molecule has 0 aliphatic rings. The molecule has 0 amide bonds. The van der Waals surface area contributed by atoms with Gasteiger partial charge in [-0.1, -0.05) is 46.7 Å². The lowest BCUT2D eigenvalue weighted by molar-refractivity contribution is -0.157. The summed E-state index contributed by atoms with van der Waals surface area (Å²) < 4.78 is 123. The molecule has 12 atom stereocenters. The molecule has 0 aliphatic carbocycles. The van der Waals surface area contributed by atoms with Crippen LogP contribution in [0.15, 0.2) is 17.0 Å². The Bertz CT molecular complexity index is 2350. The molecule has 0 bridgehead atoms. The van der Waals surface area contributed by atoms with Gasteiger partial charge in [-0.05, 0) is 237 Å². The van der Waals surface area contributed by atoms with Crippen molar-refractivity contribution in [3.8, 4) is 0 Å². The summed E-state index contributed by atoms with van der Waals surface area (Å²) in [6.45, 7) is 71.4. The highest BCUT2D eigenvalue weighted by molar-refractivity contribution is 7.56. The van der Waals surface area contributed by atoms with Gasteiger partial charge in [0.25, 0.3) is 0 Å². The number of nitrogens with zero attached hydrogens (tertiary/aromatic N) is 4. The van der Waals surface area contributed by atoms with E-state index in [4.69, 9.17) is 144 Å². The van der Waals surface area contributed by atoms with Gasteiger partial charge < -0.3 is 94.6 Å².